The lowest BCUT2D eigenvalue weighted by Gasteiger charge is -2.31. The van der Waals surface area contributed by atoms with Gasteiger partial charge in [0.05, 0.1) is 0 Å². The van der Waals surface area contributed by atoms with Gasteiger partial charge in [0.15, 0.2) is 0 Å². The van der Waals surface area contributed by atoms with Gasteiger partial charge in [0, 0.05) is 19.8 Å². The molecule has 1 aliphatic heterocycles. The summed E-state index contributed by atoms with van der Waals surface area (Å²) in [6.07, 6.45) is 5.64. The molecule has 0 radical (unpaired) electrons. The number of aliphatic hydroxyl groups excluding tert-OH is 2. The highest BCUT2D eigenvalue weighted by Gasteiger charge is 2.18. The molecule has 0 bridgehead atoms. The van der Waals surface area contributed by atoms with Crippen molar-refractivity contribution in [3.05, 3.63) is 0 Å². The van der Waals surface area contributed by atoms with Crippen molar-refractivity contribution in [1.82, 2.24) is 4.90 Å². The van der Waals surface area contributed by atoms with Crippen LogP contribution in [0.5, 0.6) is 0 Å². The molecule has 0 amide bonds. The number of nitrogens with zero attached hydrogens (tertiary/aromatic N) is 1. The summed E-state index contributed by atoms with van der Waals surface area (Å²) in [5, 5.41) is 17.7. The number of hydrogen-bond acceptors (Lipinski definition) is 3. The van der Waals surface area contributed by atoms with E-state index in [0.717, 1.165) is 25.9 Å². The summed E-state index contributed by atoms with van der Waals surface area (Å²) in [7, 11) is 0. The molecule has 0 aromatic rings. The number of hydrogen-bond donors (Lipinski definition) is 2. The second-order valence-corrected chi connectivity index (χ2v) is 4.28. The third kappa shape index (κ3) is 4.40. The van der Waals surface area contributed by atoms with Gasteiger partial charge in [-0.05, 0) is 51.1 Å². The van der Waals surface area contributed by atoms with Gasteiger partial charge >= 0.3 is 0 Å². The fraction of sp³-hybridized carbons (Fsp3) is 1.00. The lowest BCUT2D eigenvalue weighted by Crippen LogP contribution is -2.37. The Kier molecular flexibility index (Phi) is 6.15. The highest BCUT2D eigenvalue weighted by atomic mass is 16.3. The maximum atomic E-state index is 9.06. The number of piperidine rings is 1. The average molecular weight is 201 g/mol. The van der Waals surface area contributed by atoms with Crippen LogP contribution in [0.4, 0.5) is 0 Å². The molecule has 1 heterocycles. The van der Waals surface area contributed by atoms with Crippen molar-refractivity contribution in [2.75, 3.05) is 32.8 Å². The van der Waals surface area contributed by atoms with E-state index in [2.05, 4.69) is 4.90 Å². The van der Waals surface area contributed by atoms with E-state index in [1.807, 2.05) is 0 Å². The van der Waals surface area contributed by atoms with E-state index in [1.165, 1.54) is 25.8 Å². The summed E-state index contributed by atoms with van der Waals surface area (Å²) in [4.78, 5) is 2.45. The molecule has 1 aliphatic rings. The molecule has 0 aliphatic carbocycles. The SMILES string of the molecule is OCCCCCN1CCCC(CO)C1. The quantitative estimate of drug-likeness (QED) is 0.626. The van der Waals surface area contributed by atoms with Crippen molar-refractivity contribution >= 4 is 0 Å². The van der Waals surface area contributed by atoms with E-state index < -0.39 is 0 Å². The highest BCUT2D eigenvalue weighted by Crippen LogP contribution is 2.16. The lowest BCUT2D eigenvalue weighted by molar-refractivity contribution is 0.118. The Morgan fingerprint density at radius 2 is 2.00 bits per heavy atom. The van der Waals surface area contributed by atoms with Crippen LogP contribution in [0.2, 0.25) is 0 Å². The minimum Gasteiger partial charge on any atom is -0.396 e. The number of aliphatic hydroxyl groups is 2. The highest BCUT2D eigenvalue weighted by molar-refractivity contribution is 4.72. The zero-order valence-electron chi connectivity index (χ0n) is 8.99. The first-order valence-corrected chi connectivity index (χ1v) is 5.81. The summed E-state index contributed by atoms with van der Waals surface area (Å²) in [5.41, 5.74) is 0. The topological polar surface area (TPSA) is 43.7 Å². The molecule has 1 saturated heterocycles. The van der Waals surface area contributed by atoms with Gasteiger partial charge in [0.2, 0.25) is 0 Å². The second kappa shape index (κ2) is 7.21. The first-order valence-electron chi connectivity index (χ1n) is 5.81. The van der Waals surface area contributed by atoms with Crippen LogP contribution < -0.4 is 0 Å². The fourth-order valence-corrected chi connectivity index (χ4v) is 2.13. The van der Waals surface area contributed by atoms with Crippen LogP contribution in [0.15, 0.2) is 0 Å². The monoisotopic (exact) mass is 201 g/mol. The van der Waals surface area contributed by atoms with Crippen molar-refractivity contribution < 1.29 is 10.2 Å². The molecular formula is C11H23NO2. The minimum atomic E-state index is 0.319. The first-order chi connectivity index (χ1) is 6.86. The maximum absolute atomic E-state index is 9.06. The number of likely N-dealkylation sites (tertiary alicyclic amines) is 1. The smallest absolute Gasteiger partial charge is 0.0471 e. The molecule has 0 aromatic carbocycles. The Morgan fingerprint density at radius 1 is 1.14 bits per heavy atom. The zero-order valence-corrected chi connectivity index (χ0v) is 8.99. The van der Waals surface area contributed by atoms with E-state index in [0.29, 0.717) is 19.1 Å². The van der Waals surface area contributed by atoms with Gasteiger partial charge in [-0.1, -0.05) is 0 Å². The van der Waals surface area contributed by atoms with E-state index in [9.17, 15) is 0 Å². The van der Waals surface area contributed by atoms with Crippen LogP contribution in [0.25, 0.3) is 0 Å². The lowest BCUT2D eigenvalue weighted by atomic mass is 9.99. The summed E-state index contributed by atoms with van der Waals surface area (Å²) >= 11 is 0. The predicted octanol–water partition coefficient (Wildman–Crippen LogP) is 0.853. The van der Waals surface area contributed by atoms with Gasteiger partial charge in [-0.25, -0.2) is 0 Å². The van der Waals surface area contributed by atoms with Crippen molar-refractivity contribution in [3.8, 4) is 0 Å². The molecule has 1 unspecified atom stereocenters. The van der Waals surface area contributed by atoms with E-state index in [4.69, 9.17) is 10.2 Å². The maximum Gasteiger partial charge on any atom is 0.0471 e. The van der Waals surface area contributed by atoms with Gasteiger partial charge in [-0.3, -0.25) is 0 Å². The van der Waals surface area contributed by atoms with Crippen LogP contribution in [-0.4, -0.2) is 48.0 Å². The van der Waals surface area contributed by atoms with Gasteiger partial charge < -0.3 is 15.1 Å². The van der Waals surface area contributed by atoms with Gasteiger partial charge in [0.25, 0.3) is 0 Å². The fourth-order valence-electron chi connectivity index (χ4n) is 2.13. The van der Waals surface area contributed by atoms with Crippen molar-refractivity contribution in [2.24, 2.45) is 5.92 Å². The van der Waals surface area contributed by atoms with E-state index in [-0.39, 0.29) is 0 Å². The van der Waals surface area contributed by atoms with E-state index in [1.54, 1.807) is 0 Å². The molecule has 1 atom stereocenters. The van der Waals surface area contributed by atoms with Crippen LogP contribution in [-0.2, 0) is 0 Å². The third-order valence-electron chi connectivity index (χ3n) is 2.99. The summed E-state index contributed by atoms with van der Waals surface area (Å²) in [5.74, 6) is 0.501. The zero-order chi connectivity index (χ0) is 10.2. The standard InChI is InChI=1S/C11H23NO2/c13-8-3-1-2-6-12-7-4-5-11(9-12)10-14/h11,13-14H,1-10H2. The Bertz CT molecular complexity index is 141. The van der Waals surface area contributed by atoms with Crippen LogP contribution in [0.1, 0.15) is 32.1 Å². The van der Waals surface area contributed by atoms with Crippen molar-refractivity contribution in [3.63, 3.8) is 0 Å². The molecule has 84 valence electrons. The summed E-state index contributed by atoms with van der Waals surface area (Å²) in [6, 6.07) is 0. The molecule has 1 fully saturated rings. The Labute approximate surface area is 86.7 Å². The first kappa shape index (κ1) is 12.0. The molecule has 0 saturated carbocycles. The molecule has 2 N–H and O–H groups in total. The van der Waals surface area contributed by atoms with Gasteiger partial charge in [-0.2, -0.15) is 0 Å². The average Bonchev–Trinajstić information content (AvgIpc) is 2.25. The molecule has 1 rings (SSSR count). The second-order valence-electron chi connectivity index (χ2n) is 4.28. The van der Waals surface area contributed by atoms with Crippen LogP contribution >= 0.6 is 0 Å². The van der Waals surface area contributed by atoms with Crippen LogP contribution in [0, 0.1) is 5.92 Å². The largest absolute Gasteiger partial charge is 0.396 e. The number of rotatable bonds is 6. The van der Waals surface area contributed by atoms with Crippen molar-refractivity contribution in [2.45, 2.75) is 32.1 Å². The Balaban J connectivity index is 2.05. The molecule has 3 nitrogen and oxygen atoms in total. The third-order valence-corrected chi connectivity index (χ3v) is 2.99. The van der Waals surface area contributed by atoms with E-state index >= 15 is 0 Å². The molecule has 14 heavy (non-hydrogen) atoms. The minimum absolute atomic E-state index is 0.319. The van der Waals surface area contributed by atoms with Gasteiger partial charge in [0.1, 0.15) is 0 Å². The Hall–Kier alpha value is -0.120. The molecule has 0 spiro atoms. The van der Waals surface area contributed by atoms with Gasteiger partial charge in [-0.15, -0.1) is 0 Å². The summed E-state index contributed by atoms with van der Waals surface area (Å²) in [6.45, 7) is 4.05. The Morgan fingerprint density at radius 3 is 2.71 bits per heavy atom. The normalized spacial score (nSPS) is 24.0. The summed E-state index contributed by atoms with van der Waals surface area (Å²) < 4.78 is 0. The van der Waals surface area contributed by atoms with Crippen molar-refractivity contribution in [1.29, 1.82) is 0 Å². The molecule has 0 aromatic heterocycles. The number of unbranched alkanes of at least 4 members (excludes halogenated alkanes) is 2. The predicted molar refractivity (Wildman–Crippen MR) is 57.2 cm³/mol. The molecule has 3 heteroatoms. The van der Waals surface area contributed by atoms with Crippen LogP contribution in [0.3, 0.4) is 0 Å². The molecular weight excluding hydrogens is 178 g/mol.